The molecular weight excluding hydrogens is 398 g/mol. The summed E-state index contributed by atoms with van der Waals surface area (Å²) in [5.74, 6) is 1.86. The van der Waals surface area contributed by atoms with Gasteiger partial charge >= 0.3 is 0 Å². The lowest BCUT2D eigenvalue weighted by molar-refractivity contribution is -0.903. The van der Waals surface area contributed by atoms with E-state index in [1.54, 1.807) is 6.08 Å². The van der Waals surface area contributed by atoms with Crippen molar-refractivity contribution in [2.45, 2.75) is 32.1 Å². The average molecular weight is 433 g/mol. The summed E-state index contributed by atoms with van der Waals surface area (Å²) in [4.78, 5) is 16.1. The average Bonchev–Trinajstić information content (AvgIpc) is 2.78. The highest BCUT2D eigenvalue weighted by molar-refractivity contribution is 7.92. The molecule has 1 N–H and O–H groups in total. The van der Waals surface area contributed by atoms with Crippen LogP contribution < -0.4 is 4.90 Å². The lowest BCUT2D eigenvalue weighted by Gasteiger charge is -2.39. The molecule has 3 aliphatic rings. The number of piperazine rings is 1. The van der Waals surface area contributed by atoms with Gasteiger partial charge in [0, 0.05) is 37.5 Å². The zero-order chi connectivity index (χ0) is 21.0. The van der Waals surface area contributed by atoms with Crippen molar-refractivity contribution in [1.29, 1.82) is 0 Å². The number of fused-ring (bicyclic) bond motifs is 1. The van der Waals surface area contributed by atoms with Crippen LogP contribution in [-0.4, -0.2) is 69.3 Å². The van der Waals surface area contributed by atoms with E-state index in [1.165, 1.54) is 46.7 Å². The Morgan fingerprint density at radius 3 is 2.43 bits per heavy atom. The second-order valence-corrected chi connectivity index (χ2v) is 10.8. The molecule has 0 radical (unpaired) electrons. The highest BCUT2D eigenvalue weighted by Crippen LogP contribution is 2.32. The molecule has 4 rings (SSSR count). The van der Waals surface area contributed by atoms with E-state index >= 15 is 0 Å². The minimum atomic E-state index is -3.46. The first-order chi connectivity index (χ1) is 14.5. The van der Waals surface area contributed by atoms with E-state index in [-0.39, 0.29) is 5.91 Å². The van der Waals surface area contributed by atoms with Crippen LogP contribution in [0, 0.1) is 11.8 Å². The molecule has 1 unspecified atom stereocenters. The van der Waals surface area contributed by atoms with Crippen LogP contribution in [0.2, 0.25) is 0 Å². The molecule has 164 valence electrons. The summed E-state index contributed by atoms with van der Waals surface area (Å²) in [6.45, 7) is 4.50. The molecule has 0 bridgehead atoms. The first-order valence-corrected chi connectivity index (χ1v) is 12.9. The number of nitrogens with one attached hydrogen (secondary N) is 1. The van der Waals surface area contributed by atoms with Crippen LogP contribution in [0.15, 0.2) is 35.7 Å². The van der Waals surface area contributed by atoms with Crippen LogP contribution >= 0.6 is 0 Å². The third-order valence-corrected chi connectivity index (χ3v) is 8.64. The van der Waals surface area contributed by atoms with E-state index in [0.29, 0.717) is 32.7 Å². The molecule has 2 aliphatic heterocycles. The van der Waals surface area contributed by atoms with Gasteiger partial charge in [-0.15, -0.1) is 0 Å². The number of benzene rings is 1. The molecule has 0 spiro atoms. The third kappa shape index (κ3) is 5.31. The molecule has 3 fully saturated rings. The maximum absolute atomic E-state index is 12.8. The van der Waals surface area contributed by atoms with Crippen LogP contribution in [0.4, 0.5) is 0 Å². The lowest BCUT2D eigenvalue weighted by Crippen LogP contribution is -3.15. The van der Waals surface area contributed by atoms with Crippen molar-refractivity contribution in [2.75, 3.05) is 45.8 Å². The fraction of sp³-hybridized carbons (Fsp3) is 0.609. The third-order valence-electron chi connectivity index (χ3n) is 7.07. The SMILES string of the molecule is O=C(C[NH+]1CC[C@@H]2CCCC[C@@H]2C1)N1CCN(S(=O)(=O)/C=C/c2ccccc2)CC1. The Labute approximate surface area is 180 Å². The highest BCUT2D eigenvalue weighted by atomic mass is 32.2. The Balaban J connectivity index is 1.25. The molecule has 3 atom stereocenters. The zero-order valence-corrected chi connectivity index (χ0v) is 18.5. The molecule has 6 nitrogen and oxygen atoms in total. The van der Waals surface area contributed by atoms with E-state index in [1.807, 2.05) is 35.2 Å². The lowest BCUT2D eigenvalue weighted by atomic mass is 9.75. The largest absolute Gasteiger partial charge is 0.335 e. The van der Waals surface area contributed by atoms with Gasteiger partial charge in [0.05, 0.1) is 13.1 Å². The first kappa shape index (κ1) is 21.5. The fourth-order valence-electron chi connectivity index (χ4n) is 5.29. The van der Waals surface area contributed by atoms with Crippen LogP contribution in [0.1, 0.15) is 37.7 Å². The van der Waals surface area contributed by atoms with Gasteiger partial charge in [-0.05, 0) is 36.8 Å². The summed E-state index contributed by atoms with van der Waals surface area (Å²) in [5.41, 5.74) is 0.861. The smallest absolute Gasteiger partial charge is 0.277 e. The van der Waals surface area contributed by atoms with Crippen LogP contribution in [0.25, 0.3) is 6.08 Å². The summed E-state index contributed by atoms with van der Waals surface area (Å²) in [5, 5.41) is 1.28. The monoisotopic (exact) mass is 432 g/mol. The number of hydrogen-bond acceptors (Lipinski definition) is 3. The number of sulfonamides is 1. The first-order valence-electron chi connectivity index (χ1n) is 11.4. The number of piperidine rings is 1. The summed E-state index contributed by atoms with van der Waals surface area (Å²) >= 11 is 0. The molecular formula is C23H34N3O3S+. The van der Waals surface area contributed by atoms with Crippen molar-refractivity contribution in [3.8, 4) is 0 Å². The van der Waals surface area contributed by atoms with Gasteiger partial charge in [-0.1, -0.05) is 43.2 Å². The number of carbonyl (C=O) groups is 1. The van der Waals surface area contributed by atoms with Gasteiger partial charge in [-0.25, -0.2) is 8.42 Å². The molecule has 30 heavy (non-hydrogen) atoms. The number of likely N-dealkylation sites (tertiary alicyclic amines) is 1. The molecule has 0 aromatic heterocycles. The van der Waals surface area contributed by atoms with Crippen molar-refractivity contribution in [3.63, 3.8) is 0 Å². The predicted octanol–water partition coefficient (Wildman–Crippen LogP) is 1.23. The van der Waals surface area contributed by atoms with Crippen molar-refractivity contribution in [3.05, 3.63) is 41.3 Å². The van der Waals surface area contributed by atoms with E-state index in [4.69, 9.17) is 0 Å². The molecule has 1 aliphatic carbocycles. The topological polar surface area (TPSA) is 62.1 Å². The van der Waals surface area contributed by atoms with Crippen molar-refractivity contribution < 1.29 is 18.1 Å². The normalized spacial score (nSPS) is 28.4. The zero-order valence-electron chi connectivity index (χ0n) is 17.7. The van der Waals surface area contributed by atoms with E-state index < -0.39 is 10.0 Å². The number of hydrogen-bond donors (Lipinski definition) is 1. The number of amides is 1. The molecule has 1 amide bonds. The van der Waals surface area contributed by atoms with E-state index in [0.717, 1.165) is 30.5 Å². The van der Waals surface area contributed by atoms with Crippen LogP contribution in [-0.2, 0) is 14.8 Å². The van der Waals surface area contributed by atoms with Crippen molar-refractivity contribution in [1.82, 2.24) is 9.21 Å². The van der Waals surface area contributed by atoms with Crippen molar-refractivity contribution in [2.24, 2.45) is 11.8 Å². The van der Waals surface area contributed by atoms with E-state index in [9.17, 15) is 13.2 Å². The summed E-state index contributed by atoms with van der Waals surface area (Å²) < 4.78 is 26.7. The molecule has 1 aromatic carbocycles. The van der Waals surface area contributed by atoms with E-state index in [2.05, 4.69) is 0 Å². The molecule has 7 heteroatoms. The van der Waals surface area contributed by atoms with Crippen LogP contribution in [0.3, 0.4) is 0 Å². The Morgan fingerprint density at radius 1 is 1.00 bits per heavy atom. The number of rotatable bonds is 5. The molecule has 1 saturated carbocycles. The maximum atomic E-state index is 12.8. The van der Waals surface area contributed by atoms with Gasteiger partial charge < -0.3 is 9.80 Å². The number of quaternary nitrogens is 1. The van der Waals surface area contributed by atoms with Gasteiger partial charge in [-0.3, -0.25) is 4.79 Å². The minimum absolute atomic E-state index is 0.177. The second kappa shape index (κ2) is 9.62. The maximum Gasteiger partial charge on any atom is 0.277 e. The van der Waals surface area contributed by atoms with Gasteiger partial charge in [0.25, 0.3) is 5.91 Å². The summed E-state index contributed by atoms with van der Waals surface area (Å²) in [6.07, 6.45) is 8.31. The van der Waals surface area contributed by atoms with Gasteiger partial charge in [-0.2, -0.15) is 4.31 Å². The number of nitrogens with zero attached hydrogens (tertiary/aromatic N) is 2. The van der Waals surface area contributed by atoms with Crippen molar-refractivity contribution >= 4 is 22.0 Å². The molecule has 2 heterocycles. The highest BCUT2D eigenvalue weighted by Gasteiger charge is 2.35. The molecule has 2 saturated heterocycles. The fourth-order valence-corrected chi connectivity index (χ4v) is 6.46. The second-order valence-electron chi connectivity index (χ2n) is 9.01. The predicted molar refractivity (Wildman–Crippen MR) is 118 cm³/mol. The standard InChI is InChI=1S/C23H33N3O3S/c27-23(19-24-12-10-21-8-4-5-9-22(21)18-24)25-13-15-26(16-14-25)30(28,29)17-11-20-6-2-1-3-7-20/h1-3,6-7,11,17,21-22H,4-5,8-10,12-16,18-19H2/p+1/b17-11+/t21-,22+/m0/s1. The van der Waals surface area contributed by atoms with Gasteiger partial charge in [0.15, 0.2) is 6.54 Å². The summed E-state index contributed by atoms with van der Waals surface area (Å²) in [7, 11) is -3.46. The van der Waals surface area contributed by atoms with Crippen LogP contribution in [0.5, 0.6) is 0 Å². The Hall–Kier alpha value is -1.70. The van der Waals surface area contributed by atoms with Gasteiger partial charge in [0.1, 0.15) is 0 Å². The number of carbonyl (C=O) groups excluding carboxylic acids is 1. The summed E-state index contributed by atoms with van der Waals surface area (Å²) in [6, 6.07) is 9.42. The Kier molecular flexibility index (Phi) is 6.91. The minimum Gasteiger partial charge on any atom is -0.335 e. The Morgan fingerprint density at radius 2 is 1.70 bits per heavy atom. The van der Waals surface area contributed by atoms with Gasteiger partial charge in [0.2, 0.25) is 10.0 Å². The molecule has 1 aromatic rings. The Bertz CT molecular complexity index is 848. The quantitative estimate of drug-likeness (QED) is 0.761.